The number of aliphatic carboxylic acids is 1. The molecule has 6 nitrogen and oxygen atoms in total. The average molecular weight is 461 g/mol. The normalized spacial score (nSPS) is 14.5. The van der Waals surface area contributed by atoms with Crippen LogP contribution >= 0.6 is 23.2 Å². The molecule has 31 heavy (non-hydrogen) atoms. The zero-order chi connectivity index (χ0) is 22.5. The lowest BCUT2D eigenvalue weighted by atomic mass is 9.96. The lowest BCUT2D eigenvalue weighted by Crippen LogP contribution is -2.42. The summed E-state index contributed by atoms with van der Waals surface area (Å²) in [6, 6.07) is 11.1. The van der Waals surface area contributed by atoms with Crippen molar-refractivity contribution >= 4 is 46.6 Å². The molecule has 0 aliphatic carbocycles. The van der Waals surface area contributed by atoms with Crippen molar-refractivity contribution in [3.8, 4) is 0 Å². The number of carboxylic acid groups (broad SMARTS) is 1. The van der Waals surface area contributed by atoms with E-state index in [2.05, 4.69) is 5.32 Å². The molecular weight excluding hydrogens is 439 g/mol. The lowest BCUT2D eigenvalue weighted by molar-refractivity contribution is -0.139. The molecule has 0 fully saturated rings. The number of amides is 2. The molecule has 3 rings (SSSR count). The molecule has 2 amide bonds. The SMILES string of the molecule is CC(=O)N1CC=C(c2ccc(C[C@H](NC(=O)c3c(Cl)cccc3Cl)C(=O)O)cc2)CC1. The molecule has 162 valence electrons. The Kier molecular flexibility index (Phi) is 7.36. The summed E-state index contributed by atoms with van der Waals surface area (Å²) in [5.74, 6) is -1.73. The van der Waals surface area contributed by atoms with Crippen molar-refractivity contribution in [2.24, 2.45) is 0 Å². The van der Waals surface area contributed by atoms with Gasteiger partial charge in [0.25, 0.3) is 5.91 Å². The fraction of sp³-hybridized carbons (Fsp3) is 0.261. The van der Waals surface area contributed by atoms with Gasteiger partial charge in [0.2, 0.25) is 5.91 Å². The standard InChI is InChI=1S/C23H22Cl2N2O4/c1-14(28)27-11-9-17(10-12-27)16-7-5-15(6-8-16)13-20(23(30)31)26-22(29)21-18(24)3-2-4-19(21)25/h2-9,20H,10-13H2,1H3,(H,26,29)(H,30,31)/t20-/m0/s1. The van der Waals surface area contributed by atoms with Gasteiger partial charge in [0.15, 0.2) is 0 Å². The Morgan fingerprint density at radius 1 is 1.10 bits per heavy atom. The van der Waals surface area contributed by atoms with Crippen LogP contribution in [0.15, 0.2) is 48.5 Å². The fourth-order valence-corrected chi connectivity index (χ4v) is 4.02. The molecule has 2 aromatic rings. The van der Waals surface area contributed by atoms with Gasteiger partial charge in [-0.2, -0.15) is 0 Å². The van der Waals surface area contributed by atoms with Crippen molar-refractivity contribution in [2.75, 3.05) is 13.1 Å². The molecular formula is C23H22Cl2N2O4. The van der Waals surface area contributed by atoms with Crippen molar-refractivity contribution in [1.29, 1.82) is 0 Å². The molecule has 0 saturated heterocycles. The lowest BCUT2D eigenvalue weighted by Gasteiger charge is -2.25. The van der Waals surface area contributed by atoms with Crippen LogP contribution in [0.3, 0.4) is 0 Å². The van der Waals surface area contributed by atoms with E-state index < -0.39 is 17.9 Å². The Morgan fingerprint density at radius 3 is 2.26 bits per heavy atom. The number of rotatable bonds is 6. The van der Waals surface area contributed by atoms with Gasteiger partial charge >= 0.3 is 5.97 Å². The van der Waals surface area contributed by atoms with E-state index >= 15 is 0 Å². The first-order valence-electron chi connectivity index (χ1n) is 9.78. The molecule has 0 aromatic heterocycles. The number of benzene rings is 2. The molecule has 8 heteroatoms. The highest BCUT2D eigenvalue weighted by Gasteiger charge is 2.24. The van der Waals surface area contributed by atoms with Gasteiger partial charge in [-0.15, -0.1) is 0 Å². The summed E-state index contributed by atoms with van der Waals surface area (Å²) in [4.78, 5) is 37.5. The third kappa shape index (κ3) is 5.66. The Bertz CT molecular complexity index is 1010. The van der Waals surface area contributed by atoms with Gasteiger partial charge in [-0.3, -0.25) is 9.59 Å². The third-order valence-corrected chi connectivity index (χ3v) is 5.84. The van der Waals surface area contributed by atoms with E-state index in [9.17, 15) is 19.5 Å². The van der Waals surface area contributed by atoms with Gasteiger partial charge in [0.1, 0.15) is 6.04 Å². The van der Waals surface area contributed by atoms with Crippen molar-refractivity contribution < 1.29 is 19.5 Å². The minimum Gasteiger partial charge on any atom is -0.480 e. The number of hydrogen-bond donors (Lipinski definition) is 2. The second-order valence-electron chi connectivity index (χ2n) is 7.31. The Hall–Kier alpha value is -2.83. The quantitative estimate of drug-likeness (QED) is 0.680. The summed E-state index contributed by atoms with van der Waals surface area (Å²) in [5.41, 5.74) is 3.01. The van der Waals surface area contributed by atoms with Crippen LogP contribution in [0.2, 0.25) is 10.0 Å². The van der Waals surface area contributed by atoms with Crippen molar-refractivity contribution in [3.05, 3.63) is 75.3 Å². The largest absolute Gasteiger partial charge is 0.480 e. The molecule has 0 bridgehead atoms. The molecule has 0 radical (unpaired) electrons. The minimum atomic E-state index is -1.15. The Balaban J connectivity index is 1.69. The summed E-state index contributed by atoms with van der Waals surface area (Å²) in [6.07, 6.45) is 2.92. The highest BCUT2D eigenvalue weighted by atomic mass is 35.5. The molecule has 2 N–H and O–H groups in total. The highest BCUT2D eigenvalue weighted by Crippen LogP contribution is 2.25. The number of carboxylic acids is 1. The van der Waals surface area contributed by atoms with E-state index in [-0.39, 0.29) is 27.9 Å². The van der Waals surface area contributed by atoms with E-state index in [1.807, 2.05) is 30.3 Å². The minimum absolute atomic E-state index is 0.0521. The maximum atomic E-state index is 12.5. The van der Waals surface area contributed by atoms with Crippen LogP contribution in [0.25, 0.3) is 5.57 Å². The smallest absolute Gasteiger partial charge is 0.326 e. The number of nitrogens with zero attached hydrogens (tertiary/aromatic N) is 1. The van der Waals surface area contributed by atoms with Gasteiger partial charge < -0.3 is 15.3 Å². The molecule has 2 aromatic carbocycles. The van der Waals surface area contributed by atoms with Crippen molar-refractivity contribution in [1.82, 2.24) is 10.2 Å². The topological polar surface area (TPSA) is 86.7 Å². The molecule has 1 aliphatic heterocycles. The summed E-state index contributed by atoms with van der Waals surface area (Å²) >= 11 is 12.1. The van der Waals surface area contributed by atoms with Crippen molar-refractivity contribution in [2.45, 2.75) is 25.8 Å². The first kappa shape index (κ1) is 22.8. The molecule has 1 aliphatic rings. The van der Waals surface area contributed by atoms with E-state index in [0.717, 1.165) is 23.1 Å². The van der Waals surface area contributed by atoms with Crippen molar-refractivity contribution in [3.63, 3.8) is 0 Å². The van der Waals surface area contributed by atoms with Gasteiger partial charge in [0.05, 0.1) is 15.6 Å². The van der Waals surface area contributed by atoms with E-state index in [1.54, 1.807) is 17.9 Å². The van der Waals surface area contributed by atoms with E-state index in [1.165, 1.54) is 12.1 Å². The Labute approximate surface area is 190 Å². The number of hydrogen-bond acceptors (Lipinski definition) is 3. The van der Waals surface area contributed by atoms with Gasteiger partial charge in [-0.05, 0) is 35.3 Å². The molecule has 0 unspecified atom stereocenters. The molecule has 0 spiro atoms. The second-order valence-corrected chi connectivity index (χ2v) is 8.12. The maximum Gasteiger partial charge on any atom is 0.326 e. The fourth-order valence-electron chi connectivity index (χ4n) is 3.45. The van der Waals surface area contributed by atoms with Crippen LogP contribution < -0.4 is 5.32 Å². The summed E-state index contributed by atoms with van der Waals surface area (Å²) in [7, 11) is 0. The predicted octanol–water partition coefficient (Wildman–Crippen LogP) is 4.05. The van der Waals surface area contributed by atoms with E-state index in [4.69, 9.17) is 23.2 Å². The van der Waals surface area contributed by atoms with Crippen LogP contribution in [0, 0.1) is 0 Å². The zero-order valence-corrected chi connectivity index (χ0v) is 18.4. The van der Waals surface area contributed by atoms with Crippen LogP contribution in [0.4, 0.5) is 0 Å². The maximum absolute atomic E-state index is 12.5. The number of carbonyl (C=O) groups is 3. The monoisotopic (exact) mass is 460 g/mol. The highest BCUT2D eigenvalue weighted by molar-refractivity contribution is 6.39. The van der Waals surface area contributed by atoms with Crippen LogP contribution in [-0.2, 0) is 16.0 Å². The predicted molar refractivity (Wildman–Crippen MR) is 120 cm³/mol. The summed E-state index contributed by atoms with van der Waals surface area (Å²) in [6.45, 7) is 2.83. The van der Waals surface area contributed by atoms with Gasteiger partial charge in [0, 0.05) is 26.4 Å². The van der Waals surface area contributed by atoms with Gasteiger partial charge in [-0.1, -0.05) is 59.6 Å². The summed E-state index contributed by atoms with van der Waals surface area (Å²) in [5, 5.41) is 12.4. The number of nitrogens with one attached hydrogen (secondary N) is 1. The molecule has 0 saturated carbocycles. The number of carbonyl (C=O) groups excluding carboxylic acids is 2. The molecule has 1 heterocycles. The summed E-state index contributed by atoms with van der Waals surface area (Å²) < 4.78 is 0. The van der Waals surface area contributed by atoms with Gasteiger partial charge in [-0.25, -0.2) is 4.79 Å². The molecule has 1 atom stereocenters. The Morgan fingerprint density at radius 2 is 1.74 bits per heavy atom. The third-order valence-electron chi connectivity index (χ3n) is 5.21. The number of halogens is 2. The second kappa shape index (κ2) is 9.98. The van der Waals surface area contributed by atoms with Crippen LogP contribution in [0.5, 0.6) is 0 Å². The zero-order valence-electron chi connectivity index (χ0n) is 16.9. The van der Waals surface area contributed by atoms with E-state index in [0.29, 0.717) is 13.1 Å². The average Bonchev–Trinajstić information content (AvgIpc) is 2.73. The first-order valence-corrected chi connectivity index (χ1v) is 10.5. The first-order chi connectivity index (χ1) is 14.8. The van der Waals surface area contributed by atoms with Crippen LogP contribution in [0.1, 0.15) is 34.8 Å². The van der Waals surface area contributed by atoms with Crippen LogP contribution in [-0.4, -0.2) is 46.9 Å².